The predicted molar refractivity (Wildman–Crippen MR) is 108 cm³/mol. The molecular weight excluding hydrogens is 372 g/mol. The van der Waals surface area contributed by atoms with E-state index in [4.69, 9.17) is 4.74 Å². The summed E-state index contributed by atoms with van der Waals surface area (Å²) in [6.07, 6.45) is 0. The third kappa shape index (κ3) is 4.98. The van der Waals surface area contributed by atoms with Gasteiger partial charge in [-0.15, -0.1) is 0 Å². The van der Waals surface area contributed by atoms with E-state index >= 15 is 0 Å². The van der Waals surface area contributed by atoms with Crippen LogP contribution in [0.25, 0.3) is 0 Å². The highest BCUT2D eigenvalue weighted by Gasteiger charge is 2.21. The fraction of sp³-hybridized carbons (Fsp3) is 0.238. The van der Waals surface area contributed by atoms with E-state index in [1.54, 1.807) is 30.7 Å². The molecule has 0 unspecified atom stereocenters. The summed E-state index contributed by atoms with van der Waals surface area (Å²) in [4.78, 5) is 22.9. The zero-order valence-corrected chi connectivity index (χ0v) is 16.3. The molecule has 0 aliphatic rings. The van der Waals surface area contributed by atoms with Crippen LogP contribution < -0.4 is 10.1 Å². The highest BCUT2D eigenvalue weighted by Crippen LogP contribution is 2.22. The summed E-state index contributed by atoms with van der Waals surface area (Å²) >= 11 is 0. The molecule has 0 atom stereocenters. The summed E-state index contributed by atoms with van der Waals surface area (Å²) in [6, 6.07) is 16.5. The monoisotopic (exact) mass is 394 g/mol. The molecule has 2 aromatic carbocycles. The largest absolute Gasteiger partial charge is 0.492 e. The quantitative estimate of drug-likeness (QED) is 0.359. The van der Waals surface area contributed by atoms with Gasteiger partial charge in [-0.05, 0) is 43.7 Å². The number of nitro groups is 1. The number of amides is 1. The summed E-state index contributed by atoms with van der Waals surface area (Å²) in [5.74, 6) is 0.574. The maximum absolute atomic E-state index is 12.2. The van der Waals surface area contributed by atoms with E-state index < -0.39 is 4.92 Å². The van der Waals surface area contributed by atoms with Crippen LogP contribution in [0.2, 0.25) is 0 Å². The molecule has 1 heterocycles. The average molecular weight is 394 g/mol. The van der Waals surface area contributed by atoms with Crippen molar-refractivity contribution < 1.29 is 14.5 Å². The van der Waals surface area contributed by atoms with E-state index in [1.807, 2.05) is 42.5 Å². The molecule has 8 heteroatoms. The number of nitrogens with zero attached hydrogens (tertiary/aromatic N) is 3. The molecule has 1 N–H and O–H groups in total. The van der Waals surface area contributed by atoms with Crippen molar-refractivity contribution in [2.24, 2.45) is 0 Å². The number of para-hydroxylation sites is 1. The van der Waals surface area contributed by atoms with E-state index in [0.717, 1.165) is 11.3 Å². The standard InChI is InChI=1S/C21H22N4O4/c1-15-20(25(27)28)16(2)24(23-15)14-17-8-10-18(11-9-17)21(26)22-12-13-29-19-6-4-3-5-7-19/h3-11H,12-14H2,1-2H3,(H,22,26). The summed E-state index contributed by atoms with van der Waals surface area (Å²) < 4.78 is 7.15. The van der Waals surface area contributed by atoms with Gasteiger partial charge in [0.05, 0.1) is 18.0 Å². The molecule has 1 amide bonds. The second-order valence-electron chi connectivity index (χ2n) is 6.55. The number of rotatable bonds is 8. The maximum atomic E-state index is 12.2. The van der Waals surface area contributed by atoms with E-state index in [1.165, 1.54) is 0 Å². The van der Waals surface area contributed by atoms with Crippen molar-refractivity contribution in [3.63, 3.8) is 0 Å². The zero-order valence-electron chi connectivity index (χ0n) is 16.3. The number of nitrogens with one attached hydrogen (secondary N) is 1. The van der Waals surface area contributed by atoms with Crippen molar-refractivity contribution in [2.45, 2.75) is 20.4 Å². The Labute approximate surface area is 168 Å². The lowest BCUT2D eigenvalue weighted by Gasteiger charge is -2.08. The lowest BCUT2D eigenvalue weighted by Crippen LogP contribution is -2.28. The molecule has 0 aliphatic heterocycles. The number of aromatic nitrogens is 2. The van der Waals surface area contributed by atoms with Gasteiger partial charge in [-0.1, -0.05) is 30.3 Å². The van der Waals surface area contributed by atoms with Crippen LogP contribution >= 0.6 is 0 Å². The van der Waals surface area contributed by atoms with Crippen LogP contribution in [0.1, 0.15) is 27.3 Å². The summed E-state index contributed by atoms with van der Waals surface area (Å²) in [5, 5.41) is 18.2. The van der Waals surface area contributed by atoms with Gasteiger partial charge in [0.1, 0.15) is 23.7 Å². The second kappa shape index (κ2) is 9.01. The van der Waals surface area contributed by atoms with Crippen LogP contribution in [-0.2, 0) is 6.54 Å². The second-order valence-corrected chi connectivity index (χ2v) is 6.55. The van der Waals surface area contributed by atoms with Crippen LogP contribution in [0.5, 0.6) is 5.75 Å². The summed E-state index contributed by atoms with van der Waals surface area (Å²) in [7, 11) is 0. The first kappa shape index (κ1) is 20.1. The summed E-state index contributed by atoms with van der Waals surface area (Å²) in [5.41, 5.74) is 2.37. The van der Waals surface area contributed by atoms with Crippen molar-refractivity contribution in [3.8, 4) is 5.75 Å². The van der Waals surface area contributed by atoms with Crippen LogP contribution in [0.4, 0.5) is 5.69 Å². The van der Waals surface area contributed by atoms with E-state index in [2.05, 4.69) is 10.4 Å². The van der Waals surface area contributed by atoms with Gasteiger partial charge in [-0.25, -0.2) is 0 Å². The van der Waals surface area contributed by atoms with Gasteiger partial charge in [-0.2, -0.15) is 5.10 Å². The molecule has 0 saturated carbocycles. The Bertz CT molecular complexity index is 998. The molecule has 0 fully saturated rings. The van der Waals surface area contributed by atoms with Crippen molar-refractivity contribution in [1.29, 1.82) is 0 Å². The molecule has 0 saturated heterocycles. The number of aryl methyl sites for hydroxylation is 1. The first-order chi connectivity index (χ1) is 14.0. The molecule has 0 aliphatic carbocycles. The van der Waals surface area contributed by atoms with Crippen LogP contribution in [0.15, 0.2) is 54.6 Å². The third-order valence-electron chi connectivity index (χ3n) is 4.47. The average Bonchev–Trinajstić information content (AvgIpc) is 2.99. The molecule has 3 aromatic rings. The Morgan fingerprint density at radius 2 is 1.83 bits per heavy atom. The topological polar surface area (TPSA) is 99.3 Å². The van der Waals surface area contributed by atoms with Gasteiger partial charge in [0, 0.05) is 5.56 Å². The fourth-order valence-electron chi connectivity index (χ4n) is 2.99. The van der Waals surface area contributed by atoms with Gasteiger partial charge in [0.2, 0.25) is 0 Å². The Hall–Kier alpha value is -3.68. The minimum atomic E-state index is -0.414. The first-order valence-electron chi connectivity index (χ1n) is 9.19. The lowest BCUT2D eigenvalue weighted by molar-refractivity contribution is -0.386. The minimum Gasteiger partial charge on any atom is -0.492 e. The lowest BCUT2D eigenvalue weighted by atomic mass is 10.1. The van der Waals surface area contributed by atoms with Gasteiger partial charge in [-0.3, -0.25) is 19.6 Å². The van der Waals surface area contributed by atoms with Crippen molar-refractivity contribution in [3.05, 3.63) is 87.2 Å². The highest BCUT2D eigenvalue weighted by atomic mass is 16.6. The molecule has 0 bridgehead atoms. The van der Waals surface area contributed by atoms with Crippen LogP contribution in [0.3, 0.4) is 0 Å². The molecule has 29 heavy (non-hydrogen) atoms. The molecule has 0 radical (unpaired) electrons. The molecule has 8 nitrogen and oxygen atoms in total. The van der Waals surface area contributed by atoms with Gasteiger partial charge >= 0.3 is 5.69 Å². The number of carbonyl (C=O) groups excluding carboxylic acids is 1. The Morgan fingerprint density at radius 1 is 1.14 bits per heavy atom. The molecular formula is C21H22N4O4. The van der Waals surface area contributed by atoms with E-state index in [0.29, 0.717) is 36.6 Å². The van der Waals surface area contributed by atoms with E-state index in [-0.39, 0.29) is 11.6 Å². The number of hydrogen-bond acceptors (Lipinski definition) is 5. The minimum absolute atomic E-state index is 0.0405. The Morgan fingerprint density at radius 3 is 2.45 bits per heavy atom. The third-order valence-corrected chi connectivity index (χ3v) is 4.47. The molecule has 3 rings (SSSR count). The fourth-order valence-corrected chi connectivity index (χ4v) is 2.99. The first-order valence-corrected chi connectivity index (χ1v) is 9.19. The van der Waals surface area contributed by atoms with Crippen LogP contribution in [-0.4, -0.2) is 33.8 Å². The predicted octanol–water partition coefficient (Wildman–Crippen LogP) is 3.27. The highest BCUT2D eigenvalue weighted by molar-refractivity contribution is 5.94. The van der Waals surface area contributed by atoms with Gasteiger partial charge < -0.3 is 10.1 Å². The Balaban J connectivity index is 1.54. The smallest absolute Gasteiger partial charge is 0.312 e. The summed E-state index contributed by atoms with van der Waals surface area (Å²) in [6.45, 7) is 4.47. The Kier molecular flexibility index (Phi) is 6.23. The number of benzene rings is 2. The normalized spacial score (nSPS) is 10.6. The zero-order chi connectivity index (χ0) is 20.8. The molecule has 150 valence electrons. The SMILES string of the molecule is Cc1nn(Cc2ccc(C(=O)NCCOc3ccccc3)cc2)c(C)c1[N+](=O)[O-]. The van der Waals surface area contributed by atoms with Crippen molar-refractivity contribution in [1.82, 2.24) is 15.1 Å². The van der Waals surface area contributed by atoms with Crippen LogP contribution in [0, 0.1) is 24.0 Å². The number of hydrogen-bond donors (Lipinski definition) is 1. The van der Waals surface area contributed by atoms with Gasteiger partial charge in [0.25, 0.3) is 5.91 Å². The van der Waals surface area contributed by atoms with Crippen molar-refractivity contribution in [2.75, 3.05) is 13.2 Å². The maximum Gasteiger partial charge on any atom is 0.312 e. The molecule has 1 aromatic heterocycles. The van der Waals surface area contributed by atoms with Crippen molar-refractivity contribution >= 4 is 11.6 Å². The van der Waals surface area contributed by atoms with E-state index in [9.17, 15) is 14.9 Å². The van der Waals surface area contributed by atoms with Gasteiger partial charge in [0.15, 0.2) is 0 Å². The number of carbonyl (C=O) groups is 1. The molecule has 0 spiro atoms. The number of ether oxygens (including phenoxy) is 1.